The predicted molar refractivity (Wildman–Crippen MR) is 136 cm³/mol. The first-order chi connectivity index (χ1) is 17.2. The highest BCUT2D eigenvalue weighted by Gasteiger charge is 2.34. The first-order valence-electron chi connectivity index (χ1n) is 11.1. The Labute approximate surface area is 215 Å². The van der Waals surface area contributed by atoms with Crippen LogP contribution in [0.25, 0.3) is 6.08 Å². The Morgan fingerprint density at radius 2 is 1.97 bits per heavy atom. The molecule has 0 fully saturated rings. The van der Waals surface area contributed by atoms with E-state index in [-0.39, 0.29) is 17.2 Å². The van der Waals surface area contributed by atoms with Gasteiger partial charge in [0.2, 0.25) is 0 Å². The summed E-state index contributed by atoms with van der Waals surface area (Å²) >= 11 is 7.71. The van der Waals surface area contributed by atoms with Crippen LogP contribution < -0.4 is 19.6 Å². The standard InChI is InChI=1S/C26H23ClN2O6S/c1-14(2)35-25(33)22-15(3)28-26-29(23(22)18-9-4-5-10-19(18)27)24(32)20(36-26)12-16-7-6-8-17(11-16)34-13-21(30)31/h4-12,14,23H,13H2,1-3H3,(H,30,31). The van der Waals surface area contributed by atoms with Gasteiger partial charge in [0.05, 0.1) is 21.9 Å². The van der Waals surface area contributed by atoms with Gasteiger partial charge in [0, 0.05) is 5.02 Å². The van der Waals surface area contributed by atoms with E-state index in [2.05, 4.69) is 4.99 Å². The molecule has 2 aromatic carbocycles. The molecule has 0 saturated heterocycles. The summed E-state index contributed by atoms with van der Waals surface area (Å²) in [7, 11) is 0. The second-order valence-corrected chi connectivity index (χ2v) is 9.73. The summed E-state index contributed by atoms with van der Waals surface area (Å²) in [6.45, 7) is 4.74. The molecule has 36 heavy (non-hydrogen) atoms. The molecule has 1 aliphatic rings. The average Bonchev–Trinajstić information content (AvgIpc) is 3.11. The number of rotatable bonds is 7. The van der Waals surface area contributed by atoms with E-state index < -0.39 is 24.6 Å². The fourth-order valence-corrected chi connectivity index (χ4v) is 5.13. The average molecular weight is 527 g/mol. The van der Waals surface area contributed by atoms with Crippen LogP contribution in [0.5, 0.6) is 5.75 Å². The molecule has 1 aromatic heterocycles. The lowest BCUT2D eigenvalue weighted by Crippen LogP contribution is -2.40. The Bertz CT molecular complexity index is 1550. The second-order valence-electron chi connectivity index (χ2n) is 8.31. The first kappa shape index (κ1) is 25.4. The van der Waals surface area contributed by atoms with Crippen LogP contribution in [0.3, 0.4) is 0 Å². The van der Waals surface area contributed by atoms with Gasteiger partial charge in [-0.05, 0) is 56.2 Å². The fraction of sp³-hybridized carbons (Fsp3) is 0.231. The summed E-state index contributed by atoms with van der Waals surface area (Å²) in [4.78, 5) is 42.6. The van der Waals surface area contributed by atoms with Gasteiger partial charge in [-0.3, -0.25) is 9.36 Å². The maximum absolute atomic E-state index is 13.7. The van der Waals surface area contributed by atoms with E-state index in [9.17, 15) is 14.4 Å². The zero-order valence-electron chi connectivity index (χ0n) is 19.7. The number of carboxylic acids is 1. The van der Waals surface area contributed by atoms with Crippen molar-refractivity contribution >= 4 is 41.0 Å². The number of aliphatic carboxylic acids is 1. The van der Waals surface area contributed by atoms with Crippen LogP contribution >= 0.6 is 22.9 Å². The Morgan fingerprint density at radius 1 is 1.22 bits per heavy atom. The van der Waals surface area contributed by atoms with Gasteiger partial charge in [-0.2, -0.15) is 0 Å². The number of fused-ring (bicyclic) bond motifs is 1. The van der Waals surface area contributed by atoms with Gasteiger partial charge < -0.3 is 14.6 Å². The minimum Gasteiger partial charge on any atom is -0.482 e. The lowest BCUT2D eigenvalue weighted by Gasteiger charge is -2.26. The predicted octanol–water partition coefficient (Wildman–Crippen LogP) is 3.30. The maximum Gasteiger partial charge on any atom is 0.341 e. The molecule has 0 radical (unpaired) electrons. The SMILES string of the molecule is CC1=C(C(=O)OC(C)C)C(c2ccccc2Cl)n2c(sc(=Cc3cccc(OCC(=O)O)c3)c2=O)=N1. The lowest BCUT2D eigenvalue weighted by molar-refractivity contribution is -0.143. The molecular formula is C26H23ClN2O6S. The Balaban J connectivity index is 1.87. The Kier molecular flexibility index (Phi) is 7.42. The minimum absolute atomic E-state index is 0.250. The third-order valence-electron chi connectivity index (χ3n) is 5.30. The number of carboxylic acid groups (broad SMARTS) is 1. The van der Waals surface area contributed by atoms with Crippen molar-refractivity contribution in [3.63, 3.8) is 0 Å². The van der Waals surface area contributed by atoms with E-state index in [1.54, 1.807) is 75.4 Å². The quantitative estimate of drug-likeness (QED) is 0.473. The van der Waals surface area contributed by atoms with Crippen molar-refractivity contribution in [3.05, 3.63) is 95.6 Å². The molecule has 8 nitrogen and oxygen atoms in total. The van der Waals surface area contributed by atoms with Crippen molar-refractivity contribution in [2.75, 3.05) is 6.61 Å². The number of esters is 1. The third kappa shape index (κ3) is 5.27. The molecule has 0 amide bonds. The molecule has 1 unspecified atom stereocenters. The zero-order chi connectivity index (χ0) is 26.0. The molecule has 0 bridgehead atoms. The number of ether oxygens (including phenoxy) is 2. The monoisotopic (exact) mass is 526 g/mol. The van der Waals surface area contributed by atoms with E-state index in [1.807, 2.05) is 0 Å². The molecule has 1 aliphatic heterocycles. The van der Waals surface area contributed by atoms with Crippen molar-refractivity contribution in [1.29, 1.82) is 0 Å². The number of hydrogen-bond donors (Lipinski definition) is 1. The van der Waals surface area contributed by atoms with Gasteiger partial charge in [-0.25, -0.2) is 14.6 Å². The van der Waals surface area contributed by atoms with Gasteiger partial charge in [0.15, 0.2) is 11.4 Å². The summed E-state index contributed by atoms with van der Waals surface area (Å²) in [5, 5.41) is 9.25. The number of aromatic nitrogens is 1. The van der Waals surface area contributed by atoms with Crippen LogP contribution in [0.1, 0.15) is 37.9 Å². The second kappa shape index (κ2) is 10.5. The minimum atomic E-state index is -1.09. The molecule has 186 valence electrons. The molecule has 2 heterocycles. The van der Waals surface area contributed by atoms with Crippen LogP contribution in [0.15, 0.2) is 69.6 Å². The van der Waals surface area contributed by atoms with Crippen molar-refractivity contribution in [3.8, 4) is 5.75 Å². The van der Waals surface area contributed by atoms with Crippen LogP contribution in [-0.4, -0.2) is 34.3 Å². The smallest absolute Gasteiger partial charge is 0.341 e. The molecule has 1 atom stereocenters. The molecule has 0 saturated carbocycles. The molecule has 3 aromatic rings. The zero-order valence-corrected chi connectivity index (χ0v) is 21.3. The summed E-state index contributed by atoms with van der Waals surface area (Å²) in [5.41, 5.74) is 1.58. The summed E-state index contributed by atoms with van der Waals surface area (Å²) in [6.07, 6.45) is 1.32. The highest BCUT2D eigenvalue weighted by Crippen LogP contribution is 2.34. The van der Waals surface area contributed by atoms with E-state index in [1.165, 1.54) is 15.9 Å². The summed E-state index contributed by atoms with van der Waals surface area (Å²) < 4.78 is 12.6. The van der Waals surface area contributed by atoms with Gasteiger partial charge in [0.1, 0.15) is 11.8 Å². The first-order valence-corrected chi connectivity index (χ1v) is 12.3. The molecule has 4 rings (SSSR count). The number of allylic oxidation sites excluding steroid dienone is 1. The molecule has 1 N–H and O–H groups in total. The third-order valence-corrected chi connectivity index (χ3v) is 6.63. The Hall–Kier alpha value is -3.69. The highest BCUT2D eigenvalue weighted by molar-refractivity contribution is 7.07. The number of thiazole rings is 1. The normalized spacial score (nSPS) is 15.5. The number of halogens is 1. The van der Waals surface area contributed by atoms with Gasteiger partial charge >= 0.3 is 11.9 Å². The van der Waals surface area contributed by atoms with Crippen LogP contribution in [0.4, 0.5) is 0 Å². The highest BCUT2D eigenvalue weighted by atomic mass is 35.5. The van der Waals surface area contributed by atoms with E-state index in [0.29, 0.717) is 36.9 Å². The van der Waals surface area contributed by atoms with Crippen molar-refractivity contribution in [2.24, 2.45) is 4.99 Å². The van der Waals surface area contributed by atoms with Gasteiger partial charge in [0.25, 0.3) is 5.56 Å². The molecule has 0 aliphatic carbocycles. The van der Waals surface area contributed by atoms with Crippen molar-refractivity contribution < 1.29 is 24.2 Å². The molecular weight excluding hydrogens is 504 g/mol. The largest absolute Gasteiger partial charge is 0.482 e. The topological polar surface area (TPSA) is 107 Å². The number of hydrogen-bond acceptors (Lipinski definition) is 7. The summed E-state index contributed by atoms with van der Waals surface area (Å²) in [5.74, 6) is -1.29. The molecule has 10 heteroatoms. The fourth-order valence-electron chi connectivity index (χ4n) is 3.84. The summed E-state index contributed by atoms with van der Waals surface area (Å²) in [6, 6.07) is 13.0. The van der Waals surface area contributed by atoms with Crippen LogP contribution in [-0.2, 0) is 14.3 Å². The van der Waals surface area contributed by atoms with Crippen LogP contribution in [0, 0.1) is 0 Å². The molecule has 0 spiro atoms. The van der Waals surface area contributed by atoms with E-state index in [0.717, 1.165) is 0 Å². The van der Waals surface area contributed by atoms with Crippen LogP contribution in [0.2, 0.25) is 5.02 Å². The van der Waals surface area contributed by atoms with E-state index in [4.69, 9.17) is 26.2 Å². The van der Waals surface area contributed by atoms with Gasteiger partial charge in [-0.1, -0.05) is 53.3 Å². The van der Waals surface area contributed by atoms with Crippen molar-refractivity contribution in [2.45, 2.75) is 32.9 Å². The number of nitrogens with zero attached hydrogens (tertiary/aromatic N) is 2. The van der Waals surface area contributed by atoms with Gasteiger partial charge in [-0.15, -0.1) is 0 Å². The van der Waals surface area contributed by atoms with Crippen molar-refractivity contribution in [1.82, 2.24) is 4.57 Å². The van der Waals surface area contributed by atoms with E-state index >= 15 is 0 Å². The maximum atomic E-state index is 13.7. The number of carbonyl (C=O) groups is 2. The Morgan fingerprint density at radius 3 is 2.67 bits per heavy atom. The number of carbonyl (C=O) groups excluding carboxylic acids is 1. The lowest BCUT2D eigenvalue weighted by atomic mass is 9.96. The number of benzene rings is 2.